The highest BCUT2D eigenvalue weighted by molar-refractivity contribution is 9.10. The van der Waals surface area contributed by atoms with Crippen molar-refractivity contribution in [1.29, 1.82) is 0 Å². The lowest BCUT2D eigenvalue weighted by Crippen LogP contribution is -2.24. The maximum atomic E-state index is 6.37. The molecule has 2 rings (SSSR count). The number of aryl methyl sites for hydroxylation is 2. The highest BCUT2D eigenvalue weighted by atomic mass is 79.9. The molecule has 21 heavy (non-hydrogen) atoms. The molecule has 2 aromatic carbocycles. The van der Waals surface area contributed by atoms with Crippen LogP contribution in [0.3, 0.4) is 0 Å². The first kappa shape index (κ1) is 16.5. The van der Waals surface area contributed by atoms with Gasteiger partial charge in [-0.2, -0.15) is 0 Å². The van der Waals surface area contributed by atoms with Gasteiger partial charge in [0.25, 0.3) is 0 Å². The molecule has 0 saturated heterocycles. The summed E-state index contributed by atoms with van der Waals surface area (Å²) in [5, 5.41) is 4.40. The topological polar surface area (TPSA) is 12.0 Å². The van der Waals surface area contributed by atoms with E-state index >= 15 is 0 Å². The van der Waals surface area contributed by atoms with Crippen LogP contribution in [0.1, 0.15) is 35.2 Å². The van der Waals surface area contributed by atoms with Crippen molar-refractivity contribution in [2.75, 3.05) is 6.54 Å². The molecule has 0 aliphatic carbocycles. The summed E-state index contributed by atoms with van der Waals surface area (Å²) in [4.78, 5) is 0. The first-order valence-electron chi connectivity index (χ1n) is 7.25. The minimum atomic E-state index is 0.286. The van der Waals surface area contributed by atoms with Gasteiger partial charge in [0.15, 0.2) is 0 Å². The van der Waals surface area contributed by atoms with E-state index in [1.807, 2.05) is 12.1 Å². The molecule has 0 saturated carbocycles. The summed E-state index contributed by atoms with van der Waals surface area (Å²) in [6.45, 7) is 7.38. The van der Waals surface area contributed by atoms with Gasteiger partial charge in [0.05, 0.1) is 0 Å². The highest BCUT2D eigenvalue weighted by Crippen LogP contribution is 2.28. The standard InChI is InChI=1S/C18H21BrClN/c1-4-21-18(16-9-12(2)5-6-13(16)3)10-14-7-8-15(19)11-17(14)20/h5-9,11,18,21H,4,10H2,1-3H3. The molecule has 0 fully saturated rings. The van der Waals surface area contributed by atoms with Crippen LogP contribution in [0.15, 0.2) is 40.9 Å². The summed E-state index contributed by atoms with van der Waals surface area (Å²) >= 11 is 9.83. The zero-order valence-electron chi connectivity index (χ0n) is 12.7. The highest BCUT2D eigenvalue weighted by Gasteiger charge is 2.15. The van der Waals surface area contributed by atoms with Gasteiger partial charge in [0.2, 0.25) is 0 Å². The van der Waals surface area contributed by atoms with Crippen molar-refractivity contribution in [2.45, 2.75) is 33.2 Å². The second-order valence-corrected chi connectivity index (χ2v) is 6.73. The number of hydrogen-bond acceptors (Lipinski definition) is 1. The second kappa shape index (κ2) is 7.44. The van der Waals surface area contributed by atoms with E-state index in [2.05, 4.69) is 66.3 Å². The van der Waals surface area contributed by atoms with Crippen molar-refractivity contribution >= 4 is 27.5 Å². The van der Waals surface area contributed by atoms with Crippen LogP contribution >= 0.6 is 27.5 Å². The molecule has 0 aliphatic rings. The number of hydrogen-bond donors (Lipinski definition) is 1. The van der Waals surface area contributed by atoms with Gasteiger partial charge in [-0.1, -0.05) is 64.3 Å². The van der Waals surface area contributed by atoms with Gasteiger partial charge in [-0.15, -0.1) is 0 Å². The Morgan fingerprint density at radius 1 is 1.14 bits per heavy atom. The fraction of sp³-hybridized carbons (Fsp3) is 0.333. The Hall–Kier alpha value is -0.830. The molecule has 0 heterocycles. The molecule has 0 amide bonds. The lowest BCUT2D eigenvalue weighted by Gasteiger charge is -2.22. The third kappa shape index (κ3) is 4.32. The molecule has 0 bridgehead atoms. The molecular formula is C18H21BrClN. The van der Waals surface area contributed by atoms with Crippen LogP contribution in [-0.4, -0.2) is 6.54 Å². The van der Waals surface area contributed by atoms with E-state index in [9.17, 15) is 0 Å². The Morgan fingerprint density at radius 3 is 2.57 bits per heavy atom. The fourth-order valence-corrected chi connectivity index (χ4v) is 3.33. The Balaban J connectivity index is 2.32. The zero-order chi connectivity index (χ0) is 15.4. The average molecular weight is 367 g/mol. The van der Waals surface area contributed by atoms with Gasteiger partial charge in [-0.05, 0) is 55.6 Å². The van der Waals surface area contributed by atoms with Crippen LogP contribution in [0.5, 0.6) is 0 Å². The summed E-state index contributed by atoms with van der Waals surface area (Å²) < 4.78 is 1.02. The summed E-state index contributed by atoms with van der Waals surface area (Å²) in [6, 6.07) is 13.0. The van der Waals surface area contributed by atoms with Crippen LogP contribution < -0.4 is 5.32 Å². The molecule has 1 nitrogen and oxygen atoms in total. The smallest absolute Gasteiger partial charge is 0.0449 e. The normalized spacial score (nSPS) is 12.4. The number of likely N-dealkylation sites (N-methyl/N-ethyl adjacent to an activating group) is 1. The largest absolute Gasteiger partial charge is 0.310 e. The molecule has 3 heteroatoms. The molecule has 1 N–H and O–H groups in total. The van der Waals surface area contributed by atoms with E-state index in [1.54, 1.807) is 0 Å². The Kier molecular flexibility index (Phi) is 5.86. The SMILES string of the molecule is CCNC(Cc1ccc(Br)cc1Cl)c1cc(C)ccc1C. The van der Waals surface area contributed by atoms with Crippen LogP contribution in [0, 0.1) is 13.8 Å². The lowest BCUT2D eigenvalue weighted by atomic mass is 9.94. The maximum absolute atomic E-state index is 6.37. The first-order chi connectivity index (χ1) is 10.0. The first-order valence-corrected chi connectivity index (χ1v) is 8.42. The van der Waals surface area contributed by atoms with Crippen molar-refractivity contribution < 1.29 is 0 Å². The number of rotatable bonds is 5. The van der Waals surface area contributed by atoms with Crippen molar-refractivity contribution in [3.8, 4) is 0 Å². The summed E-state index contributed by atoms with van der Waals surface area (Å²) in [5.74, 6) is 0. The number of benzene rings is 2. The molecule has 0 aromatic heterocycles. The molecule has 0 spiro atoms. The van der Waals surface area contributed by atoms with E-state index in [0.29, 0.717) is 0 Å². The van der Waals surface area contributed by atoms with E-state index in [1.165, 1.54) is 22.3 Å². The minimum absolute atomic E-state index is 0.286. The van der Waals surface area contributed by atoms with Crippen molar-refractivity contribution in [3.63, 3.8) is 0 Å². The summed E-state index contributed by atoms with van der Waals surface area (Å²) in [5.41, 5.74) is 5.14. The van der Waals surface area contributed by atoms with E-state index in [0.717, 1.165) is 22.5 Å². The van der Waals surface area contributed by atoms with Gasteiger partial charge >= 0.3 is 0 Å². The van der Waals surface area contributed by atoms with Crippen LogP contribution in [0.4, 0.5) is 0 Å². The Labute approximate surface area is 140 Å². The van der Waals surface area contributed by atoms with E-state index < -0.39 is 0 Å². The molecule has 1 atom stereocenters. The summed E-state index contributed by atoms with van der Waals surface area (Å²) in [7, 11) is 0. The zero-order valence-corrected chi connectivity index (χ0v) is 15.1. The third-order valence-electron chi connectivity index (χ3n) is 3.70. The van der Waals surface area contributed by atoms with Crippen LogP contribution in [-0.2, 0) is 6.42 Å². The van der Waals surface area contributed by atoms with E-state index in [4.69, 9.17) is 11.6 Å². The molecule has 1 unspecified atom stereocenters. The van der Waals surface area contributed by atoms with Crippen molar-refractivity contribution in [3.05, 3.63) is 68.1 Å². The number of halogens is 2. The molecular weight excluding hydrogens is 346 g/mol. The van der Waals surface area contributed by atoms with E-state index in [-0.39, 0.29) is 6.04 Å². The van der Waals surface area contributed by atoms with Gasteiger partial charge < -0.3 is 5.32 Å². The monoisotopic (exact) mass is 365 g/mol. The Morgan fingerprint density at radius 2 is 1.90 bits per heavy atom. The number of nitrogens with one attached hydrogen (secondary N) is 1. The average Bonchev–Trinajstić information content (AvgIpc) is 2.44. The molecule has 0 radical (unpaired) electrons. The molecule has 2 aromatic rings. The lowest BCUT2D eigenvalue weighted by molar-refractivity contribution is 0.547. The van der Waals surface area contributed by atoms with Gasteiger partial charge in [0, 0.05) is 15.5 Å². The third-order valence-corrected chi connectivity index (χ3v) is 4.54. The predicted molar refractivity (Wildman–Crippen MR) is 95.2 cm³/mol. The fourth-order valence-electron chi connectivity index (χ4n) is 2.58. The van der Waals surface area contributed by atoms with Crippen LogP contribution in [0.2, 0.25) is 5.02 Å². The minimum Gasteiger partial charge on any atom is -0.310 e. The molecule has 112 valence electrons. The summed E-state index contributed by atoms with van der Waals surface area (Å²) in [6.07, 6.45) is 0.893. The van der Waals surface area contributed by atoms with Crippen LogP contribution in [0.25, 0.3) is 0 Å². The van der Waals surface area contributed by atoms with Gasteiger partial charge in [-0.3, -0.25) is 0 Å². The van der Waals surface area contributed by atoms with Gasteiger partial charge in [0.1, 0.15) is 0 Å². The van der Waals surface area contributed by atoms with Crippen molar-refractivity contribution in [2.24, 2.45) is 0 Å². The quantitative estimate of drug-likeness (QED) is 0.725. The van der Waals surface area contributed by atoms with Crippen molar-refractivity contribution in [1.82, 2.24) is 5.32 Å². The second-order valence-electron chi connectivity index (χ2n) is 5.41. The maximum Gasteiger partial charge on any atom is 0.0449 e. The Bertz CT molecular complexity index is 625. The predicted octanol–water partition coefficient (Wildman–Crippen LogP) is 5.61. The van der Waals surface area contributed by atoms with Gasteiger partial charge in [-0.25, -0.2) is 0 Å². The molecule has 0 aliphatic heterocycles.